The Morgan fingerprint density at radius 3 is 2.84 bits per heavy atom. The number of ether oxygens (including phenoxy) is 1. The lowest BCUT2D eigenvalue weighted by molar-refractivity contribution is 0.0226. The first-order valence-electron chi connectivity index (χ1n) is 7.04. The van der Waals surface area contributed by atoms with Gasteiger partial charge in [0.2, 0.25) is 0 Å². The molecule has 1 aromatic carbocycles. The van der Waals surface area contributed by atoms with E-state index < -0.39 is 0 Å². The van der Waals surface area contributed by atoms with Crippen LogP contribution in [-0.4, -0.2) is 32.8 Å². The molecule has 4 heteroatoms. The second kappa shape index (κ2) is 5.10. The molecular formula is C15H21FN2O. The Morgan fingerprint density at radius 2 is 2.11 bits per heavy atom. The molecule has 0 spiro atoms. The molecule has 0 aliphatic carbocycles. The predicted molar refractivity (Wildman–Crippen MR) is 73.9 cm³/mol. The van der Waals surface area contributed by atoms with Crippen molar-refractivity contribution >= 4 is 5.69 Å². The van der Waals surface area contributed by atoms with Crippen molar-refractivity contribution in [2.75, 3.05) is 37.7 Å². The van der Waals surface area contributed by atoms with E-state index in [4.69, 9.17) is 10.5 Å². The molecule has 0 aromatic heterocycles. The van der Waals surface area contributed by atoms with Crippen molar-refractivity contribution < 1.29 is 9.13 Å². The van der Waals surface area contributed by atoms with Crippen LogP contribution >= 0.6 is 0 Å². The Hall–Kier alpha value is -1.13. The normalized spacial score (nSPS) is 21.5. The van der Waals surface area contributed by atoms with Gasteiger partial charge in [0.15, 0.2) is 0 Å². The molecule has 1 saturated heterocycles. The molecule has 2 aliphatic rings. The van der Waals surface area contributed by atoms with Gasteiger partial charge in [0, 0.05) is 37.4 Å². The van der Waals surface area contributed by atoms with Crippen LogP contribution < -0.4 is 10.6 Å². The summed E-state index contributed by atoms with van der Waals surface area (Å²) in [6.45, 7) is 4.16. The smallest absolute Gasteiger partial charge is 0.125 e. The van der Waals surface area contributed by atoms with E-state index in [2.05, 4.69) is 4.90 Å². The molecule has 3 nitrogen and oxygen atoms in total. The van der Waals surface area contributed by atoms with Gasteiger partial charge in [0.25, 0.3) is 0 Å². The molecule has 19 heavy (non-hydrogen) atoms. The maximum absolute atomic E-state index is 13.4. The maximum Gasteiger partial charge on any atom is 0.125 e. The van der Waals surface area contributed by atoms with Crippen molar-refractivity contribution in [1.29, 1.82) is 0 Å². The van der Waals surface area contributed by atoms with Crippen molar-refractivity contribution in [3.05, 3.63) is 29.6 Å². The van der Waals surface area contributed by atoms with Crippen molar-refractivity contribution in [1.82, 2.24) is 0 Å². The summed E-state index contributed by atoms with van der Waals surface area (Å²) >= 11 is 0. The number of nitrogens with two attached hydrogens (primary N) is 1. The van der Waals surface area contributed by atoms with E-state index in [-0.39, 0.29) is 11.2 Å². The van der Waals surface area contributed by atoms with Crippen LogP contribution in [0.2, 0.25) is 0 Å². The fourth-order valence-electron chi connectivity index (χ4n) is 3.22. The monoisotopic (exact) mass is 264 g/mol. The quantitative estimate of drug-likeness (QED) is 0.907. The third-order valence-electron chi connectivity index (χ3n) is 4.55. The molecule has 0 atom stereocenters. The van der Waals surface area contributed by atoms with Crippen LogP contribution in [0, 0.1) is 11.2 Å². The highest BCUT2D eigenvalue weighted by Gasteiger charge is 2.35. The lowest BCUT2D eigenvalue weighted by atomic mass is 9.79. The van der Waals surface area contributed by atoms with Gasteiger partial charge in [-0.2, -0.15) is 0 Å². The zero-order valence-electron chi connectivity index (χ0n) is 11.2. The fourth-order valence-corrected chi connectivity index (χ4v) is 3.22. The number of halogens is 1. The summed E-state index contributed by atoms with van der Waals surface area (Å²) < 4.78 is 18.9. The van der Waals surface area contributed by atoms with Crippen LogP contribution in [0.5, 0.6) is 0 Å². The molecule has 0 radical (unpaired) electrons. The van der Waals surface area contributed by atoms with Crippen molar-refractivity contribution in [2.45, 2.75) is 19.3 Å². The van der Waals surface area contributed by atoms with E-state index in [1.807, 2.05) is 6.07 Å². The number of fused-ring (bicyclic) bond motifs is 1. The Kier molecular flexibility index (Phi) is 3.46. The van der Waals surface area contributed by atoms with Gasteiger partial charge in [-0.3, -0.25) is 0 Å². The van der Waals surface area contributed by atoms with Crippen molar-refractivity contribution in [3.63, 3.8) is 0 Å². The van der Waals surface area contributed by atoms with Crippen LogP contribution in [-0.2, 0) is 11.2 Å². The Labute approximate surface area is 113 Å². The predicted octanol–water partition coefficient (Wildman–Crippen LogP) is 1.94. The summed E-state index contributed by atoms with van der Waals surface area (Å²) in [5, 5.41) is 0. The van der Waals surface area contributed by atoms with Crippen LogP contribution in [0.3, 0.4) is 0 Å². The molecule has 0 amide bonds. The Bertz CT molecular complexity index is 457. The summed E-state index contributed by atoms with van der Waals surface area (Å²) in [5.74, 6) is -0.153. The zero-order valence-corrected chi connectivity index (χ0v) is 11.2. The lowest BCUT2D eigenvalue weighted by Crippen LogP contribution is -2.45. The maximum atomic E-state index is 13.4. The number of nitrogens with zero attached hydrogens (tertiary/aromatic N) is 1. The van der Waals surface area contributed by atoms with Crippen LogP contribution in [0.25, 0.3) is 0 Å². The average molecular weight is 264 g/mol. The molecule has 2 N–H and O–H groups in total. The molecule has 104 valence electrons. The summed E-state index contributed by atoms with van der Waals surface area (Å²) in [5.41, 5.74) is 8.45. The average Bonchev–Trinajstić information content (AvgIpc) is 2.82. The second-order valence-electron chi connectivity index (χ2n) is 5.76. The highest BCUT2D eigenvalue weighted by molar-refractivity contribution is 5.58. The van der Waals surface area contributed by atoms with Gasteiger partial charge >= 0.3 is 0 Å². The molecule has 0 saturated carbocycles. The number of rotatable bonds is 3. The second-order valence-corrected chi connectivity index (χ2v) is 5.76. The number of hydrogen-bond acceptors (Lipinski definition) is 3. The van der Waals surface area contributed by atoms with Crippen LogP contribution in [0.1, 0.15) is 18.4 Å². The van der Waals surface area contributed by atoms with Gasteiger partial charge < -0.3 is 15.4 Å². The fraction of sp³-hybridized carbons (Fsp3) is 0.600. The van der Waals surface area contributed by atoms with Crippen molar-refractivity contribution in [2.24, 2.45) is 11.1 Å². The summed E-state index contributed by atoms with van der Waals surface area (Å²) in [6, 6.07) is 5.12. The zero-order chi connectivity index (χ0) is 13.3. The van der Waals surface area contributed by atoms with Gasteiger partial charge in [-0.1, -0.05) is 6.07 Å². The minimum Gasteiger partial charge on any atom is -0.381 e. The highest BCUT2D eigenvalue weighted by atomic mass is 19.1. The molecule has 1 aromatic rings. The van der Waals surface area contributed by atoms with E-state index in [0.29, 0.717) is 6.54 Å². The Balaban J connectivity index is 1.79. The standard InChI is InChI=1S/C15H21FN2O/c16-13-2-1-12-3-6-18(14(12)9-13)11-15(10-17)4-7-19-8-5-15/h1-2,9H,3-8,10-11,17H2. The van der Waals surface area contributed by atoms with Crippen molar-refractivity contribution in [3.8, 4) is 0 Å². The van der Waals surface area contributed by atoms with Crippen LogP contribution in [0.15, 0.2) is 18.2 Å². The first-order valence-corrected chi connectivity index (χ1v) is 7.04. The Morgan fingerprint density at radius 1 is 1.32 bits per heavy atom. The molecule has 3 rings (SSSR count). The topological polar surface area (TPSA) is 38.5 Å². The summed E-state index contributed by atoms with van der Waals surface area (Å²) in [7, 11) is 0. The third kappa shape index (κ3) is 2.47. The first kappa shape index (κ1) is 12.9. The van der Waals surface area contributed by atoms with E-state index in [0.717, 1.165) is 51.3 Å². The van der Waals surface area contributed by atoms with Gasteiger partial charge in [0.1, 0.15) is 5.82 Å². The van der Waals surface area contributed by atoms with Gasteiger partial charge in [-0.05, 0) is 43.5 Å². The molecule has 0 unspecified atom stereocenters. The largest absolute Gasteiger partial charge is 0.381 e. The van der Waals surface area contributed by atoms with Gasteiger partial charge in [-0.15, -0.1) is 0 Å². The lowest BCUT2D eigenvalue weighted by Gasteiger charge is -2.40. The van der Waals surface area contributed by atoms with E-state index in [1.165, 1.54) is 5.56 Å². The number of anilines is 1. The summed E-state index contributed by atoms with van der Waals surface area (Å²) in [4.78, 5) is 2.30. The SMILES string of the molecule is NCC1(CN2CCc3ccc(F)cc32)CCOCC1. The molecular weight excluding hydrogens is 243 g/mol. The van der Waals surface area contributed by atoms with Crippen LogP contribution in [0.4, 0.5) is 10.1 Å². The minimum absolute atomic E-state index is 0.131. The summed E-state index contributed by atoms with van der Waals surface area (Å²) in [6.07, 6.45) is 3.02. The molecule has 1 fully saturated rings. The molecule has 2 aliphatic heterocycles. The molecule has 2 heterocycles. The van der Waals surface area contributed by atoms with E-state index in [9.17, 15) is 4.39 Å². The van der Waals surface area contributed by atoms with Gasteiger partial charge in [-0.25, -0.2) is 4.39 Å². The first-order chi connectivity index (χ1) is 9.22. The van der Waals surface area contributed by atoms with Gasteiger partial charge in [0.05, 0.1) is 0 Å². The minimum atomic E-state index is -0.153. The molecule has 0 bridgehead atoms. The third-order valence-corrected chi connectivity index (χ3v) is 4.55. The highest BCUT2D eigenvalue weighted by Crippen LogP contribution is 2.36. The van der Waals surface area contributed by atoms with E-state index in [1.54, 1.807) is 12.1 Å². The number of benzene rings is 1. The van der Waals surface area contributed by atoms with E-state index >= 15 is 0 Å². The number of hydrogen-bond donors (Lipinski definition) is 1.